The number of anilines is 1. The lowest BCUT2D eigenvalue weighted by Crippen LogP contribution is -2.18. The zero-order chi connectivity index (χ0) is 11.8. The standard InChI is InChI=1S/C13H15N3O/c1-9-5-13-12(14-3-4-17-13)6-11(9)10-7-15-16(2)8-10/h5-8,14H,3-4H2,1-2H3. The van der Waals surface area contributed by atoms with Crippen molar-refractivity contribution in [3.8, 4) is 16.9 Å². The van der Waals surface area contributed by atoms with Crippen LogP contribution in [0.15, 0.2) is 24.5 Å². The predicted molar refractivity (Wildman–Crippen MR) is 67.4 cm³/mol. The van der Waals surface area contributed by atoms with Crippen molar-refractivity contribution in [3.05, 3.63) is 30.1 Å². The number of ether oxygens (including phenoxy) is 1. The quantitative estimate of drug-likeness (QED) is 0.814. The summed E-state index contributed by atoms with van der Waals surface area (Å²) in [6.07, 6.45) is 3.91. The summed E-state index contributed by atoms with van der Waals surface area (Å²) in [6, 6.07) is 4.23. The number of nitrogens with one attached hydrogen (secondary N) is 1. The summed E-state index contributed by atoms with van der Waals surface area (Å²) >= 11 is 0. The van der Waals surface area contributed by atoms with Gasteiger partial charge in [-0.25, -0.2) is 0 Å². The highest BCUT2D eigenvalue weighted by Crippen LogP contribution is 2.35. The Bertz CT molecular complexity index is 560. The molecule has 0 atom stereocenters. The highest BCUT2D eigenvalue weighted by atomic mass is 16.5. The minimum atomic E-state index is 0.735. The summed E-state index contributed by atoms with van der Waals surface area (Å²) in [4.78, 5) is 0. The molecule has 4 nitrogen and oxygen atoms in total. The fourth-order valence-electron chi connectivity index (χ4n) is 2.16. The molecule has 1 N–H and O–H groups in total. The van der Waals surface area contributed by atoms with Crippen LogP contribution < -0.4 is 10.1 Å². The van der Waals surface area contributed by atoms with E-state index < -0.39 is 0 Å². The molecule has 0 radical (unpaired) electrons. The Kier molecular flexibility index (Phi) is 2.28. The van der Waals surface area contributed by atoms with Gasteiger partial charge in [0.15, 0.2) is 0 Å². The molecule has 1 aliphatic rings. The van der Waals surface area contributed by atoms with E-state index >= 15 is 0 Å². The molecule has 0 bridgehead atoms. The van der Waals surface area contributed by atoms with Crippen LogP contribution in [0.5, 0.6) is 5.75 Å². The lowest BCUT2D eigenvalue weighted by atomic mass is 10.0. The summed E-state index contributed by atoms with van der Waals surface area (Å²) in [5.74, 6) is 0.946. The van der Waals surface area contributed by atoms with Gasteiger partial charge in [0.1, 0.15) is 12.4 Å². The maximum atomic E-state index is 5.62. The summed E-state index contributed by atoms with van der Waals surface area (Å²) in [6.45, 7) is 3.70. The number of aromatic nitrogens is 2. The van der Waals surface area contributed by atoms with E-state index in [0.717, 1.165) is 30.2 Å². The van der Waals surface area contributed by atoms with Gasteiger partial charge in [-0.2, -0.15) is 5.10 Å². The molecule has 0 saturated heterocycles. The first-order chi connectivity index (χ1) is 8.24. The lowest BCUT2D eigenvalue weighted by molar-refractivity contribution is 0.323. The lowest BCUT2D eigenvalue weighted by Gasteiger charge is -2.20. The summed E-state index contributed by atoms with van der Waals surface area (Å²) in [5, 5.41) is 7.57. The largest absolute Gasteiger partial charge is 0.490 e. The number of rotatable bonds is 1. The van der Waals surface area contributed by atoms with Crippen LogP contribution in [0.1, 0.15) is 5.56 Å². The maximum Gasteiger partial charge on any atom is 0.142 e. The number of nitrogens with zero attached hydrogens (tertiary/aromatic N) is 2. The van der Waals surface area contributed by atoms with E-state index in [4.69, 9.17) is 4.74 Å². The Balaban J connectivity index is 2.11. The Hall–Kier alpha value is -1.97. The molecular formula is C13H15N3O. The van der Waals surface area contributed by atoms with Crippen LogP contribution in [0.2, 0.25) is 0 Å². The topological polar surface area (TPSA) is 39.1 Å². The summed E-state index contributed by atoms with van der Waals surface area (Å²) in [5.41, 5.74) is 4.62. The van der Waals surface area contributed by atoms with E-state index in [1.165, 1.54) is 11.1 Å². The molecule has 1 aromatic carbocycles. The van der Waals surface area contributed by atoms with Crippen LogP contribution in [0.25, 0.3) is 11.1 Å². The smallest absolute Gasteiger partial charge is 0.142 e. The van der Waals surface area contributed by atoms with Crippen molar-refractivity contribution in [2.24, 2.45) is 7.05 Å². The Morgan fingerprint density at radius 3 is 3.06 bits per heavy atom. The van der Waals surface area contributed by atoms with Crippen LogP contribution in [0.3, 0.4) is 0 Å². The van der Waals surface area contributed by atoms with Gasteiger partial charge in [0.25, 0.3) is 0 Å². The van der Waals surface area contributed by atoms with E-state index in [1.54, 1.807) is 0 Å². The van der Waals surface area contributed by atoms with Crippen LogP contribution in [0, 0.1) is 6.92 Å². The van der Waals surface area contributed by atoms with E-state index in [9.17, 15) is 0 Å². The molecule has 2 heterocycles. The number of hydrogen-bond donors (Lipinski definition) is 1. The zero-order valence-electron chi connectivity index (χ0n) is 10.0. The fraction of sp³-hybridized carbons (Fsp3) is 0.308. The second kappa shape index (κ2) is 3.80. The Morgan fingerprint density at radius 1 is 1.41 bits per heavy atom. The Labute approximate surface area is 100 Å². The van der Waals surface area contributed by atoms with Crippen molar-refractivity contribution in [1.82, 2.24) is 9.78 Å². The third-order valence-corrected chi connectivity index (χ3v) is 3.02. The molecule has 0 unspecified atom stereocenters. The van der Waals surface area contributed by atoms with Crippen molar-refractivity contribution < 1.29 is 4.74 Å². The van der Waals surface area contributed by atoms with Gasteiger partial charge >= 0.3 is 0 Å². The average molecular weight is 229 g/mol. The first kappa shape index (κ1) is 10.2. The van der Waals surface area contributed by atoms with Gasteiger partial charge in [0.05, 0.1) is 11.9 Å². The number of benzene rings is 1. The van der Waals surface area contributed by atoms with Crippen molar-refractivity contribution in [2.75, 3.05) is 18.5 Å². The highest BCUT2D eigenvalue weighted by Gasteiger charge is 2.13. The highest BCUT2D eigenvalue weighted by molar-refractivity contribution is 5.74. The van der Waals surface area contributed by atoms with E-state index in [1.807, 2.05) is 24.1 Å². The molecule has 0 saturated carbocycles. The number of fused-ring (bicyclic) bond motifs is 1. The van der Waals surface area contributed by atoms with Crippen LogP contribution in [0.4, 0.5) is 5.69 Å². The maximum absolute atomic E-state index is 5.62. The molecular weight excluding hydrogens is 214 g/mol. The zero-order valence-corrected chi connectivity index (χ0v) is 10.0. The Morgan fingerprint density at radius 2 is 2.29 bits per heavy atom. The third kappa shape index (κ3) is 1.75. The molecule has 0 spiro atoms. The average Bonchev–Trinajstić information content (AvgIpc) is 2.75. The molecule has 88 valence electrons. The first-order valence-electron chi connectivity index (χ1n) is 5.74. The van der Waals surface area contributed by atoms with E-state index in [2.05, 4.69) is 29.5 Å². The predicted octanol–water partition coefficient (Wildman–Crippen LogP) is 2.20. The van der Waals surface area contributed by atoms with Crippen molar-refractivity contribution >= 4 is 5.69 Å². The first-order valence-corrected chi connectivity index (χ1v) is 5.74. The van der Waals surface area contributed by atoms with Crippen LogP contribution in [-0.4, -0.2) is 22.9 Å². The SMILES string of the molecule is Cc1cc2c(cc1-c1cnn(C)c1)NCCO2. The second-order valence-electron chi connectivity index (χ2n) is 4.34. The van der Waals surface area contributed by atoms with Gasteiger partial charge in [0.2, 0.25) is 0 Å². The number of aryl methyl sites for hydroxylation is 2. The van der Waals surface area contributed by atoms with Gasteiger partial charge < -0.3 is 10.1 Å². The molecule has 17 heavy (non-hydrogen) atoms. The van der Waals surface area contributed by atoms with Gasteiger partial charge in [-0.3, -0.25) is 4.68 Å². The monoisotopic (exact) mass is 229 g/mol. The van der Waals surface area contributed by atoms with Gasteiger partial charge in [-0.15, -0.1) is 0 Å². The van der Waals surface area contributed by atoms with Crippen LogP contribution >= 0.6 is 0 Å². The molecule has 0 amide bonds. The van der Waals surface area contributed by atoms with Gasteiger partial charge in [-0.1, -0.05) is 0 Å². The molecule has 0 aliphatic carbocycles. The minimum absolute atomic E-state index is 0.735. The summed E-state index contributed by atoms with van der Waals surface area (Å²) < 4.78 is 7.43. The van der Waals surface area contributed by atoms with Gasteiger partial charge in [-0.05, 0) is 30.2 Å². The summed E-state index contributed by atoms with van der Waals surface area (Å²) in [7, 11) is 1.93. The van der Waals surface area contributed by atoms with Crippen molar-refractivity contribution in [1.29, 1.82) is 0 Å². The van der Waals surface area contributed by atoms with E-state index in [0.29, 0.717) is 0 Å². The molecule has 1 aromatic heterocycles. The number of hydrogen-bond acceptors (Lipinski definition) is 3. The van der Waals surface area contributed by atoms with Gasteiger partial charge in [0, 0.05) is 25.4 Å². The molecule has 0 fully saturated rings. The molecule has 4 heteroatoms. The second-order valence-corrected chi connectivity index (χ2v) is 4.34. The minimum Gasteiger partial charge on any atom is -0.490 e. The van der Waals surface area contributed by atoms with Crippen molar-refractivity contribution in [2.45, 2.75) is 6.92 Å². The molecule has 1 aliphatic heterocycles. The van der Waals surface area contributed by atoms with Crippen LogP contribution in [-0.2, 0) is 7.05 Å². The van der Waals surface area contributed by atoms with E-state index in [-0.39, 0.29) is 0 Å². The third-order valence-electron chi connectivity index (χ3n) is 3.02. The molecule has 3 rings (SSSR count). The fourth-order valence-corrected chi connectivity index (χ4v) is 2.16. The molecule has 2 aromatic rings. The normalized spacial score (nSPS) is 13.8. The van der Waals surface area contributed by atoms with Crippen molar-refractivity contribution in [3.63, 3.8) is 0 Å².